The van der Waals surface area contributed by atoms with Crippen molar-refractivity contribution in [1.29, 1.82) is 0 Å². The molecule has 4 heteroatoms. The van der Waals surface area contributed by atoms with Crippen molar-refractivity contribution in [2.24, 2.45) is 0 Å². The molecule has 0 radical (unpaired) electrons. The van der Waals surface area contributed by atoms with E-state index in [2.05, 4.69) is 48.6 Å². The summed E-state index contributed by atoms with van der Waals surface area (Å²) in [7, 11) is 1.66. The lowest BCUT2D eigenvalue weighted by molar-refractivity contribution is 0.280. The monoisotopic (exact) mass is 409 g/mol. The summed E-state index contributed by atoms with van der Waals surface area (Å²) in [5.41, 5.74) is 3.39. The molecule has 0 aliphatic rings. The summed E-state index contributed by atoms with van der Waals surface area (Å²) >= 11 is 6.27. The van der Waals surface area contributed by atoms with Crippen LogP contribution in [-0.2, 0) is 19.6 Å². The van der Waals surface area contributed by atoms with Gasteiger partial charge in [-0.2, -0.15) is 0 Å². The van der Waals surface area contributed by atoms with Gasteiger partial charge in [0, 0.05) is 28.7 Å². The van der Waals surface area contributed by atoms with Crippen molar-refractivity contribution in [2.75, 3.05) is 7.11 Å². The molecule has 152 valence electrons. The Morgan fingerprint density at radius 1 is 0.897 bits per heavy atom. The fraction of sp³-hybridized carbons (Fsp3) is 0.280. The molecule has 1 atom stereocenters. The summed E-state index contributed by atoms with van der Waals surface area (Å²) in [5, 5.41) is 4.31. The van der Waals surface area contributed by atoms with Crippen molar-refractivity contribution in [3.05, 3.63) is 94.5 Å². The number of halogens is 1. The van der Waals surface area contributed by atoms with Crippen LogP contribution in [0.5, 0.6) is 11.5 Å². The molecule has 0 saturated heterocycles. The van der Waals surface area contributed by atoms with Crippen LogP contribution in [0.4, 0.5) is 0 Å². The van der Waals surface area contributed by atoms with Crippen LogP contribution < -0.4 is 14.8 Å². The number of para-hydroxylation sites is 1. The van der Waals surface area contributed by atoms with Gasteiger partial charge in [-0.15, -0.1) is 0 Å². The van der Waals surface area contributed by atoms with Crippen molar-refractivity contribution >= 4 is 11.6 Å². The van der Waals surface area contributed by atoms with Crippen molar-refractivity contribution in [3.63, 3.8) is 0 Å². The maximum atomic E-state index is 6.27. The van der Waals surface area contributed by atoms with Crippen LogP contribution in [0.1, 0.15) is 30.0 Å². The third-order valence-electron chi connectivity index (χ3n) is 4.96. The summed E-state index contributed by atoms with van der Waals surface area (Å²) in [5.74, 6) is 1.49. The molecule has 0 aliphatic heterocycles. The Balaban J connectivity index is 1.61. The third kappa shape index (κ3) is 6.25. The fourth-order valence-corrected chi connectivity index (χ4v) is 3.39. The molecule has 1 N–H and O–H groups in total. The number of methoxy groups -OCH3 is 1. The van der Waals surface area contributed by atoms with Crippen molar-refractivity contribution in [1.82, 2.24) is 5.32 Å². The molecule has 29 heavy (non-hydrogen) atoms. The van der Waals surface area contributed by atoms with Gasteiger partial charge in [0.1, 0.15) is 6.61 Å². The van der Waals surface area contributed by atoms with E-state index < -0.39 is 0 Å². The standard InChI is InChI=1S/C25H28ClNO2/c1-19(15-16-20-9-4-3-5-10-20)27-17-21-12-8-14-24(28-2)25(21)29-18-22-11-6-7-13-23(22)26/h3-14,19,27H,15-18H2,1-2H3. The van der Waals surface area contributed by atoms with Crippen LogP contribution in [0.15, 0.2) is 72.8 Å². The van der Waals surface area contributed by atoms with E-state index in [-0.39, 0.29) is 0 Å². The predicted molar refractivity (Wildman–Crippen MR) is 120 cm³/mol. The Hall–Kier alpha value is -2.49. The highest BCUT2D eigenvalue weighted by Gasteiger charge is 2.13. The molecule has 0 heterocycles. The van der Waals surface area contributed by atoms with Gasteiger partial charge in [-0.05, 0) is 37.5 Å². The first-order valence-electron chi connectivity index (χ1n) is 9.96. The van der Waals surface area contributed by atoms with E-state index in [0.717, 1.165) is 35.5 Å². The van der Waals surface area contributed by atoms with Gasteiger partial charge in [-0.25, -0.2) is 0 Å². The zero-order valence-electron chi connectivity index (χ0n) is 17.0. The topological polar surface area (TPSA) is 30.5 Å². The molecule has 0 aliphatic carbocycles. The summed E-state index contributed by atoms with van der Waals surface area (Å²) in [6.45, 7) is 3.33. The number of ether oxygens (including phenoxy) is 2. The van der Waals surface area contributed by atoms with E-state index >= 15 is 0 Å². The van der Waals surface area contributed by atoms with Crippen molar-refractivity contribution < 1.29 is 9.47 Å². The number of nitrogens with one attached hydrogen (secondary N) is 1. The summed E-state index contributed by atoms with van der Waals surface area (Å²) < 4.78 is 11.7. The number of hydrogen-bond donors (Lipinski definition) is 1. The van der Waals surface area contributed by atoms with E-state index in [0.29, 0.717) is 24.2 Å². The lowest BCUT2D eigenvalue weighted by Crippen LogP contribution is -2.26. The second kappa shape index (κ2) is 10.9. The van der Waals surface area contributed by atoms with Crippen LogP contribution in [0.2, 0.25) is 5.02 Å². The van der Waals surface area contributed by atoms with Gasteiger partial charge in [0.15, 0.2) is 11.5 Å². The highest BCUT2D eigenvalue weighted by atomic mass is 35.5. The second-order valence-corrected chi connectivity index (χ2v) is 7.54. The predicted octanol–water partition coefficient (Wildman–Crippen LogP) is 6.04. The molecule has 0 aromatic heterocycles. The lowest BCUT2D eigenvalue weighted by Gasteiger charge is -2.18. The molecule has 3 rings (SSSR count). The number of hydrogen-bond acceptors (Lipinski definition) is 3. The Labute approximate surface area is 178 Å². The molecule has 0 fully saturated rings. The van der Waals surface area contributed by atoms with Crippen molar-refractivity contribution in [2.45, 2.75) is 39.0 Å². The van der Waals surface area contributed by atoms with Gasteiger partial charge in [-0.3, -0.25) is 0 Å². The zero-order valence-corrected chi connectivity index (χ0v) is 17.8. The highest BCUT2D eigenvalue weighted by molar-refractivity contribution is 6.31. The van der Waals surface area contributed by atoms with Crippen LogP contribution in [0.25, 0.3) is 0 Å². The van der Waals surface area contributed by atoms with Gasteiger partial charge < -0.3 is 14.8 Å². The van der Waals surface area contributed by atoms with E-state index in [1.54, 1.807) is 7.11 Å². The molecule has 3 aromatic carbocycles. The van der Waals surface area contributed by atoms with E-state index in [1.165, 1.54) is 5.56 Å². The van der Waals surface area contributed by atoms with E-state index in [1.807, 2.05) is 36.4 Å². The molecule has 0 saturated carbocycles. The fourth-order valence-electron chi connectivity index (χ4n) is 3.20. The molecule has 3 aromatic rings. The smallest absolute Gasteiger partial charge is 0.166 e. The number of aryl methyl sites for hydroxylation is 1. The minimum atomic E-state index is 0.387. The van der Waals surface area contributed by atoms with Crippen molar-refractivity contribution in [3.8, 4) is 11.5 Å². The summed E-state index contributed by atoms with van der Waals surface area (Å²) in [6, 6.07) is 24.7. The van der Waals surface area contributed by atoms with Crippen LogP contribution in [-0.4, -0.2) is 13.2 Å². The van der Waals surface area contributed by atoms with Crippen LogP contribution >= 0.6 is 11.6 Å². The average Bonchev–Trinajstić information content (AvgIpc) is 2.76. The van der Waals surface area contributed by atoms with Gasteiger partial charge in [-0.1, -0.05) is 72.3 Å². The SMILES string of the molecule is COc1cccc(CNC(C)CCc2ccccc2)c1OCc1ccccc1Cl. The first-order valence-corrected chi connectivity index (χ1v) is 10.3. The quantitative estimate of drug-likeness (QED) is 0.443. The molecular weight excluding hydrogens is 382 g/mol. The Morgan fingerprint density at radius 2 is 1.62 bits per heavy atom. The Morgan fingerprint density at radius 3 is 2.38 bits per heavy atom. The lowest BCUT2D eigenvalue weighted by atomic mass is 10.1. The minimum absolute atomic E-state index is 0.387. The molecular formula is C25H28ClNO2. The molecule has 3 nitrogen and oxygen atoms in total. The Kier molecular flexibility index (Phi) is 7.97. The first-order chi connectivity index (χ1) is 14.2. The molecule has 1 unspecified atom stereocenters. The normalized spacial score (nSPS) is 11.8. The van der Waals surface area contributed by atoms with E-state index in [9.17, 15) is 0 Å². The Bertz CT molecular complexity index is 898. The summed E-state index contributed by atoms with van der Waals surface area (Å²) in [4.78, 5) is 0. The average molecular weight is 410 g/mol. The van der Waals surface area contributed by atoms with Gasteiger partial charge >= 0.3 is 0 Å². The van der Waals surface area contributed by atoms with Crippen LogP contribution in [0.3, 0.4) is 0 Å². The molecule has 0 spiro atoms. The maximum absolute atomic E-state index is 6.27. The van der Waals surface area contributed by atoms with Gasteiger partial charge in [0.25, 0.3) is 0 Å². The zero-order chi connectivity index (χ0) is 20.5. The van der Waals surface area contributed by atoms with Crippen LogP contribution in [0, 0.1) is 0 Å². The summed E-state index contributed by atoms with van der Waals surface area (Å²) in [6.07, 6.45) is 2.13. The third-order valence-corrected chi connectivity index (χ3v) is 5.33. The highest BCUT2D eigenvalue weighted by Crippen LogP contribution is 2.32. The molecule has 0 bridgehead atoms. The second-order valence-electron chi connectivity index (χ2n) is 7.13. The minimum Gasteiger partial charge on any atom is -0.493 e. The van der Waals surface area contributed by atoms with Gasteiger partial charge in [0.05, 0.1) is 7.11 Å². The number of rotatable bonds is 10. The largest absolute Gasteiger partial charge is 0.493 e. The number of benzene rings is 3. The first kappa shape index (κ1) is 21.2. The van der Waals surface area contributed by atoms with Gasteiger partial charge in [0.2, 0.25) is 0 Å². The van der Waals surface area contributed by atoms with E-state index in [4.69, 9.17) is 21.1 Å². The molecule has 0 amide bonds. The maximum Gasteiger partial charge on any atom is 0.166 e.